The van der Waals surface area contributed by atoms with Gasteiger partial charge in [-0.25, -0.2) is 0 Å². The van der Waals surface area contributed by atoms with Gasteiger partial charge >= 0.3 is 0 Å². The van der Waals surface area contributed by atoms with Crippen molar-refractivity contribution in [3.05, 3.63) is 52.8 Å². The van der Waals surface area contributed by atoms with Crippen molar-refractivity contribution in [2.75, 3.05) is 6.54 Å². The summed E-state index contributed by atoms with van der Waals surface area (Å²) < 4.78 is 1.89. The van der Waals surface area contributed by atoms with Gasteiger partial charge in [0.25, 0.3) is 0 Å². The molecule has 1 N–H and O–H groups in total. The molecule has 102 valence electrons. The number of nitrogens with zero attached hydrogens (tertiary/aromatic N) is 2. The molecule has 0 bridgehead atoms. The van der Waals surface area contributed by atoms with Crippen molar-refractivity contribution in [2.45, 2.75) is 33.2 Å². The van der Waals surface area contributed by atoms with Crippen LogP contribution in [-0.2, 0) is 13.5 Å². The Bertz CT molecular complexity index is 525. The number of benzene rings is 1. The second-order valence-electron chi connectivity index (χ2n) is 5.14. The van der Waals surface area contributed by atoms with Crippen LogP contribution in [0.2, 0.25) is 0 Å². The summed E-state index contributed by atoms with van der Waals surface area (Å²) in [5, 5.41) is 8.01. The van der Waals surface area contributed by atoms with E-state index in [2.05, 4.69) is 61.6 Å². The van der Waals surface area contributed by atoms with Gasteiger partial charge in [0.05, 0.1) is 5.69 Å². The highest BCUT2D eigenvalue weighted by molar-refractivity contribution is 5.26. The average Bonchev–Trinajstić information content (AvgIpc) is 2.71. The monoisotopic (exact) mass is 257 g/mol. The molecule has 3 heteroatoms. The first-order chi connectivity index (χ1) is 9.10. The number of nitrogens with one attached hydrogen (secondary N) is 1. The summed E-state index contributed by atoms with van der Waals surface area (Å²) in [6.45, 7) is 7.31. The third kappa shape index (κ3) is 3.44. The van der Waals surface area contributed by atoms with Crippen molar-refractivity contribution < 1.29 is 0 Å². The molecule has 2 aromatic rings. The first-order valence-electron chi connectivity index (χ1n) is 6.89. The molecule has 3 nitrogen and oxygen atoms in total. The fraction of sp³-hybridized carbons (Fsp3) is 0.438. The quantitative estimate of drug-likeness (QED) is 0.892. The van der Waals surface area contributed by atoms with Crippen molar-refractivity contribution in [1.82, 2.24) is 15.1 Å². The highest BCUT2D eigenvalue weighted by atomic mass is 15.3. The summed E-state index contributed by atoms with van der Waals surface area (Å²) in [7, 11) is 1.98. The Hall–Kier alpha value is -1.61. The van der Waals surface area contributed by atoms with Crippen LogP contribution < -0.4 is 5.32 Å². The van der Waals surface area contributed by atoms with Crippen LogP contribution in [0.15, 0.2) is 30.5 Å². The third-order valence-electron chi connectivity index (χ3n) is 3.44. The second-order valence-corrected chi connectivity index (χ2v) is 5.14. The largest absolute Gasteiger partial charge is 0.310 e. The van der Waals surface area contributed by atoms with Gasteiger partial charge < -0.3 is 5.32 Å². The molecule has 0 amide bonds. The molecule has 1 unspecified atom stereocenters. The summed E-state index contributed by atoms with van der Waals surface area (Å²) in [6.07, 6.45) is 3.12. The predicted molar refractivity (Wildman–Crippen MR) is 79.2 cm³/mol. The average molecular weight is 257 g/mol. The van der Waals surface area contributed by atoms with E-state index in [4.69, 9.17) is 0 Å². The molecule has 1 aromatic heterocycles. The number of aryl methyl sites for hydroxylation is 3. The third-order valence-corrected chi connectivity index (χ3v) is 3.44. The van der Waals surface area contributed by atoms with Crippen LogP contribution in [0.25, 0.3) is 0 Å². The fourth-order valence-electron chi connectivity index (χ4n) is 2.46. The lowest BCUT2D eigenvalue weighted by molar-refractivity contribution is 0.547. The molecule has 0 fully saturated rings. The highest BCUT2D eigenvalue weighted by Gasteiger charge is 2.16. The van der Waals surface area contributed by atoms with Gasteiger partial charge in [0.2, 0.25) is 0 Å². The van der Waals surface area contributed by atoms with Crippen molar-refractivity contribution >= 4 is 0 Å². The van der Waals surface area contributed by atoms with Gasteiger partial charge in [-0.05, 0) is 32.4 Å². The molecule has 2 rings (SSSR count). The van der Waals surface area contributed by atoms with Gasteiger partial charge in [-0.3, -0.25) is 4.68 Å². The Labute approximate surface area is 115 Å². The minimum Gasteiger partial charge on any atom is -0.310 e. The van der Waals surface area contributed by atoms with Crippen LogP contribution in [0.3, 0.4) is 0 Å². The van der Waals surface area contributed by atoms with Crippen LogP contribution in [0.5, 0.6) is 0 Å². The molecule has 0 saturated heterocycles. The standard InChI is InChI=1S/C16H23N3/c1-5-17-16(15-11-19(4)18-13(15)3)10-14-8-6-12(2)7-9-14/h6-9,11,16-17H,5,10H2,1-4H3. The summed E-state index contributed by atoms with van der Waals surface area (Å²) in [5.74, 6) is 0. The highest BCUT2D eigenvalue weighted by Crippen LogP contribution is 2.21. The van der Waals surface area contributed by atoms with Gasteiger partial charge in [0, 0.05) is 24.8 Å². The molecule has 0 spiro atoms. The van der Waals surface area contributed by atoms with E-state index in [1.165, 1.54) is 16.7 Å². The lowest BCUT2D eigenvalue weighted by Gasteiger charge is -2.17. The Kier molecular flexibility index (Phi) is 4.38. The molecule has 0 radical (unpaired) electrons. The van der Waals surface area contributed by atoms with E-state index in [-0.39, 0.29) is 0 Å². The second kappa shape index (κ2) is 6.02. The zero-order valence-corrected chi connectivity index (χ0v) is 12.3. The van der Waals surface area contributed by atoms with Crippen LogP contribution >= 0.6 is 0 Å². The summed E-state index contributed by atoms with van der Waals surface area (Å²) in [6, 6.07) is 9.11. The summed E-state index contributed by atoms with van der Waals surface area (Å²) >= 11 is 0. The molecule has 1 aromatic carbocycles. The Morgan fingerprint density at radius 3 is 2.42 bits per heavy atom. The number of hydrogen-bond donors (Lipinski definition) is 1. The predicted octanol–water partition coefficient (Wildman–Crippen LogP) is 2.93. The van der Waals surface area contributed by atoms with Gasteiger partial charge in [-0.2, -0.15) is 5.10 Å². The first kappa shape index (κ1) is 13.8. The van der Waals surface area contributed by atoms with Crippen LogP contribution in [0.1, 0.15) is 35.3 Å². The van der Waals surface area contributed by atoms with Crippen molar-refractivity contribution in [3.63, 3.8) is 0 Å². The zero-order valence-electron chi connectivity index (χ0n) is 12.3. The maximum atomic E-state index is 4.45. The van der Waals surface area contributed by atoms with Crippen molar-refractivity contribution in [1.29, 1.82) is 0 Å². The van der Waals surface area contributed by atoms with Gasteiger partial charge in [0.15, 0.2) is 0 Å². The molecule has 19 heavy (non-hydrogen) atoms. The Morgan fingerprint density at radius 2 is 1.89 bits per heavy atom. The first-order valence-corrected chi connectivity index (χ1v) is 6.89. The minimum atomic E-state index is 0.335. The minimum absolute atomic E-state index is 0.335. The zero-order chi connectivity index (χ0) is 13.8. The van der Waals surface area contributed by atoms with Gasteiger partial charge in [-0.1, -0.05) is 36.8 Å². The Balaban J connectivity index is 2.20. The molecular weight excluding hydrogens is 234 g/mol. The van der Waals surface area contributed by atoms with Crippen LogP contribution in [0.4, 0.5) is 0 Å². The molecule has 0 aliphatic carbocycles. The topological polar surface area (TPSA) is 29.9 Å². The molecule has 0 aliphatic rings. The molecule has 1 atom stereocenters. The molecular formula is C16H23N3. The van der Waals surface area contributed by atoms with E-state index >= 15 is 0 Å². The van der Waals surface area contributed by atoms with E-state index in [0.717, 1.165) is 18.7 Å². The normalized spacial score (nSPS) is 12.6. The smallest absolute Gasteiger partial charge is 0.0641 e. The van der Waals surface area contributed by atoms with Crippen LogP contribution in [0, 0.1) is 13.8 Å². The van der Waals surface area contributed by atoms with E-state index in [1.54, 1.807) is 0 Å². The van der Waals surface area contributed by atoms with E-state index < -0.39 is 0 Å². The van der Waals surface area contributed by atoms with Crippen molar-refractivity contribution in [3.8, 4) is 0 Å². The number of hydrogen-bond acceptors (Lipinski definition) is 2. The summed E-state index contributed by atoms with van der Waals surface area (Å²) in [4.78, 5) is 0. The number of aromatic nitrogens is 2. The molecule has 0 aliphatic heterocycles. The lowest BCUT2D eigenvalue weighted by atomic mass is 9.99. The Morgan fingerprint density at radius 1 is 1.21 bits per heavy atom. The molecule has 0 saturated carbocycles. The van der Waals surface area contributed by atoms with E-state index in [1.807, 2.05) is 11.7 Å². The fourth-order valence-corrected chi connectivity index (χ4v) is 2.46. The van der Waals surface area contributed by atoms with Gasteiger partial charge in [0.1, 0.15) is 0 Å². The molecule has 1 heterocycles. The summed E-state index contributed by atoms with van der Waals surface area (Å²) in [5.41, 5.74) is 5.08. The number of likely N-dealkylation sites (N-methyl/N-ethyl adjacent to an activating group) is 1. The SMILES string of the molecule is CCNC(Cc1ccc(C)cc1)c1cn(C)nc1C. The van der Waals surface area contributed by atoms with E-state index in [9.17, 15) is 0 Å². The van der Waals surface area contributed by atoms with Crippen LogP contribution in [-0.4, -0.2) is 16.3 Å². The van der Waals surface area contributed by atoms with Crippen molar-refractivity contribution in [2.24, 2.45) is 7.05 Å². The van der Waals surface area contributed by atoms with E-state index in [0.29, 0.717) is 6.04 Å². The number of rotatable bonds is 5. The maximum absolute atomic E-state index is 4.45. The lowest BCUT2D eigenvalue weighted by Crippen LogP contribution is -2.23. The van der Waals surface area contributed by atoms with Gasteiger partial charge in [-0.15, -0.1) is 0 Å². The maximum Gasteiger partial charge on any atom is 0.0641 e.